The quantitative estimate of drug-likeness (QED) is 0.798. The predicted octanol–water partition coefficient (Wildman–Crippen LogP) is 2.12. The maximum atomic E-state index is 4.59. The van der Waals surface area contributed by atoms with Crippen molar-refractivity contribution >= 4 is 11.0 Å². The average Bonchev–Trinajstić information content (AvgIpc) is 2.95. The number of para-hydroxylation sites is 1. The minimum atomic E-state index is 0.735. The van der Waals surface area contributed by atoms with Gasteiger partial charge in [-0.25, -0.2) is 4.98 Å². The van der Waals surface area contributed by atoms with E-state index in [1.54, 1.807) is 0 Å². The summed E-state index contributed by atoms with van der Waals surface area (Å²) in [6.07, 6.45) is 2.64. The maximum absolute atomic E-state index is 4.59. The summed E-state index contributed by atoms with van der Waals surface area (Å²) in [4.78, 5) is 7.94. The van der Waals surface area contributed by atoms with E-state index in [0.717, 1.165) is 29.4 Å². The number of rotatable bonds is 3. The third kappa shape index (κ3) is 1.75. The summed E-state index contributed by atoms with van der Waals surface area (Å²) in [5.41, 5.74) is 3.48. The summed E-state index contributed by atoms with van der Waals surface area (Å²) in [7, 11) is 0. The molecule has 1 saturated carbocycles. The van der Waals surface area contributed by atoms with Gasteiger partial charge in [0.25, 0.3) is 0 Å². The zero-order valence-electron chi connectivity index (χ0n) is 8.88. The van der Waals surface area contributed by atoms with E-state index in [0.29, 0.717) is 0 Å². The maximum Gasteiger partial charge on any atom is 0.121 e. The lowest BCUT2D eigenvalue weighted by Crippen LogP contribution is -2.16. The van der Waals surface area contributed by atoms with Crippen molar-refractivity contribution in [2.75, 3.05) is 0 Å². The Hall–Kier alpha value is -1.35. The van der Waals surface area contributed by atoms with Gasteiger partial charge in [-0.15, -0.1) is 0 Å². The Kier molecular flexibility index (Phi) is 1.99. The van der Waals surface area contributed by atoms with Crippen molar-refractivity contribution < 1.29 is 0 Å². The number of benzene rings is 1. The number of hydrogen-bond acceptors (Lipinski definition) is 2. The molecular formula is C12H15N3. The molecule has 0 unspecified atom stereocenters. The van der Waals surface area contributed by atoms with Gasteiger partial charge in [0.15, 0.2) is 0 Å². The smallest absolute Gasteiger partial charge is 0.121 e. The number of H-pyrrole nitrogens is 1. The summed E-state index contributed by atoms with van der Waals surface area (Å²) >= 11 is 0. The highest BCUT2D eigenvalue weighted by molar-refractivity contribution is 5.78. The van der Waals surface area contributed by atoms with Gasteiger partial charge in [-0.3, -0.25) is 0 Å². The molecule has 1 fully saturated rings. The van der Waals surface area contributed by atoms with Crippen LogP contribution in [0.5, 0.6) is 0 Å². The van der Waals surface area contributed by atoms with Crippen molar-refractivity contribution in [3.63, 3.8) is 0 Å². The molecular weight excluding hydrogens is 186 g/mol. The standard InChI is InChI=1S/C12H15N3/c1-8-3-2-4-10-12(8)15-11(14-10)7-13-9-5-6-9/h2-4,9,13H,5-7H2,1H3,(H,14,15). The Morgan fingerprint density at radius 2 is 2.33 bits per heavy atom. The van der Waals surface area contributed by atoms with E-state index < -0.39 is 0 Å². The molecule has 0 radical (unpaired) electrons. The van der Waals surface area contributed by atoms with Crippen molar-refractivity contribution in [1.82, 2.24) is 15.3 Å². The molecule has 15 heavy (non-hydrogen) atoms. The highest BCUT2D eigenvalue weighted by Gasteiger charge is 2.20. The number of imidazole rings is 1. The molecule has 1 aromatic carbocycles. The minimum Gasteiger partial charge on any atom is -0.341 e. The fraction of sp³-hybridized carbons (Fsp3) is 0.417. The van der Waals surface area contributed by atoms with Crippen LogP contribution in [0.4, 0.5) is 0 Å². The molecule has 1 aliphatic carbocycles. The molecule has 3 heteroatoms. The molecule has 0 bridgehead atoms. The average molecular weight is 201 g/mol. The van der Waals surface area contributed by atoms with Crippen LogP contribution < -0.4 is 5.32 Å². The third-order valence-electron chi connectivity index (χ3n) is 2.90. The van der Waals surface area contributed by atoms with E-state index >= 15 is 0 Å². The van der Waals surface area contributed by atoms with Gasteiger partial charge >= 0.3 is 0 Å². The molecule has 0 atom stereocenters. The van der Waals surface area contributed by atoms with Crippen LogP contribution in [0.25, 0.3) is 11.0 Å². The summed E-state index contributed by atoms with van der Waals surface area (Å²) in [5, 5.41) is 3.46. The van der Waals surface area contributed by atoms with Gasteiger partial charge in [-0.2, -0.15) is 0 Å². The Morgan fingerprint density at radius 1 is 1.47 bits per heavy atom. The first-order chi connectivity index (χ1) is 7.33. The molecule has 1 aliphatic rings. The molecule has 2 aromatic rings. The van der Waals surface area contributed by atoms with Crippen LogP contribution in [-0.2, 0) is 6.54 Å². The number of nitrogens with zero attached hydrogens (tertiary/aromatic N) is 1. The van der Waals surface area contributed by atoms with E-state index in [9.17, 15) is 0 Å². The van der Waals surface area contributed by atoms with Crippen molar-refractivity contribution in [2.24, 2.45) is 0 Å². The van der Waals surface area contributed by atoms with Gasteiger partial charge in [0, 0.05) is 6.04 Å². The number of aromatic amines is 1. The van der Waals surface area contributed by atoms with Crippen molar-refractivity contribution in [2.45, 2.75) is 32.4 Å². The molecule has 0 amide bonds. The molecule has 1 heterocycles. The summed E-state index contributed by atoms with van der Waals surface area (Å²) in [6, 6.07) is 6.98. The van der Waals surface area contributed by atoms with Gasteiger partial charge in [0.05, 0.1) is 17.6 Å². The van der Waals surface area contributed by atoms with E-state index in [4.69, 9.17) is 0 Å². The fourth-order valence-corrected chi connectivity index (χ4v) is 1.84. The lowest BCUT2D eigenvalue weighted by molar-refractivity contribution is 0.665. The fourth-order valence-electron chi connectivity index (χ4n) is 1.84. The minimum absolute atomic E-state index is 0.735. The van der Waals surface area contributed by atoms with Crippen LogP contribution in [0.1, 0.15) is 24.2 Å². The van der Waals surface area contributed by atoms with E-state index in [1.165, 1.54) is 18.4 Å². The van der Waals surface area contributed by atoms with Crippen LogP contribution in [0.15, 0.2) is 18.2 Å². The van der Waals surface area contributed by atoms with Crippen molar-refractivity contribution in [3.8, 4) is 0 Å². The van der Waals surface area contributed by atoms with E-state index in [-0.39, 0.29) is 0 Å². The Morgan fingerprint density at radius 3 is 3.07 bits per heavy atom. The number of nitrogens with one attached hydrogen (secondary N) is 2. The van der Waals surface area contributed by atoms with E-state index in [2.05, 4.69) is 40.4 Å². The molecule has 2 N–H and O–H groups in total. The SMILES string of the molecule is Cc1cccc2[nH]c(CNC3CC3)nc12. The first kappa shape index (κ1) is 8.92. The second-order valence-electron chi connectivity index (χ2n) is 4.31. The Balaban J connectivity index is 1.88. The summed E-state index contributed by atoms with van der Waals surface area (Å²) in [6.45, 7) is 2.96. The highest BCUT2D eigenvalue weighted by atomic mass is 15.0. The van der Waals surface area contributed by atoms with Crippen LogP contribution in [0.3, 0.4) is 0 Å². The predicted molar refractivity (Wildman–Crippen MR) is 60.7 cm³/mol. The Bertz CT molecular complexity index is 483. The topological polar surface area (TPSA) is 40.7 Å². The van der Waals surface area contributed by atoms with Gasteiger partial charge in [0.2, 0.25) is 0 Å². The molecule has 3 rings (SSSR count). The zero-order valence-corrected chi connectivity index (χ0v) is 8.88. The number of aryl methyl sites for hydroxylation is 1. The van der Waals surface area contributed by atoms with Gasteiger partial charge in [-0.1, -0.05) is 12.1 Å². The second kappa shape index (κ2) is 3.35. The molecule has 3 nitrogen and oxygen atoms in total. The van der Waals surface area contributed by atoms with Gasteiger partial charge in [-0.05, 0) is 31.4 Å². The monoisotopic (exact) mass is 201 g/mol. The second-order valence-corrected chi connectivity index (χ2v) is 4.31. The van der Waals surface area contributed by atoms with Crippen molar-refractivity contribution in [1.29, 1.82) is 0 Å². The summed E-state index contributed by atoms with van der Waals surface area (Å²) < 4.78 is 0. The van der Waals surface area contributed by atoms with Gasteiger partial charge < -0.3 is 10.3 Å². The number of hydrogen-bond donors (Lipinski definition) is 2. The lowest BCUT2D eigenvalue weighted by Gasteiger charge is -1.96. The lowest BCUT2D eigenvalue weighted by atomic mass is 10.2. The molecule has 0 aliphatic heterocycles. The van der Waals surface area contributed by atoms with Gasteiger partial charge in [0.1, 0.15) is 5.82 Å². The molecule has 78 valence electrons. The molecule has 1 aromatic heterocycles. The number of fused-ring (bicyclic) bond motifs is 1. The summed E-state index contributed by atoms with van der Waals surface area (Å²) in [5.74, 6) is 1.05. The van der Waals surface area contributed by atoms with Crippen LogP contribution in [0.2, 0.25) is 0 Å². The normalized spacial score (nSPS) is 16.1. The number of aromatic nitrogens is 2. The molecule has 0 spiro atoms. The third-order valence-corrected chi connectivity index (χ3v) is 2.90. The zero-order chi connectivity index (χ0) is 10.3. The van der Waals surface area contributed by atoms with Crippen molar-refractivity contribution in [3.05, 3.63) is 29.6 Å². The van der Waals surface area contributed by atoms with Crippen LogP contribution in [0, 0.1) is 6.92 Å². The first-order valence-corrected chi connectivity index (χ1v) is 5.50. The Labute approximate surface area is 88.9 Å². The largest absolute Gasteiger partial charge is 0.341 e. The first-order valence-electron chi connectivity index (χ1n) is 5.50. The van der Waals surface area contributed by atoms with Crippen LogP contribution in [-0.4, -0.2) is 16.0 Å². The molecule has 0 saturated heterocycles. The highest BCUT2D eigenvalue weighted by Crippen LogP contribution is 2.20. The van der Waals surface area contributed by atoms with Crippen LogP contribution >= 0.6 is 0 Å². The van der Waals surface area contributed by atoms with E-state index in [1.807, 2.05) is 0 Å².